The molecule has 2 aromatic rings. The smallest absolute Gasteiger partial charge is 0.226 e. The van der Waals surface area contributed by atoms with E-state index < -0.39 is 9.84 Å². The van der Waals surface area contributed by atoms with Gasteiger partial charge in [0.15, 0.2) is 14.9 Å². The summed E-state index contributed by atoms with van der Waals surface area (Å²) < 4.78 is 23.1. The molecule has 1 atom stereocenters. The van der Waals surface area contributed by atoms with Gasteiger partial charge in [-0.1, -0.05) is 17.7 Å². The number of pyridine rings is 1. The minimum Gasteiger partial charge on any atom is -0.355 e. The Bertz CT molecular complexity index is 1010. The summed E-state index contributed by atoms with van der Waals surface area (Å²) in [7, 11) is -3.31. The topological polar surface area (TPSA) is 96.4 Å². The van der Waals surface area contributed by atoms with Crippen molar-refractivity contribution in [2.75, 3.05) is 30.8 Å². The van der Waals surface area contributed by atoms with E-state index in [2.05, 4.69) is 19.9 Å². The molecule has 2 saturated heterocycles. The molecule has 8 nitrogen and oxygen atoms in total. The Labute approximate surface area is 181 Å². The lowest BCUT2D eigenvalue weighted by molar-refractivity contribution is -0.133. The highest BCUT2D eigenvalue weighted by atomic mass is 35.5. The number of carbonyl (C=O) groups excluding carboxylic acids is 1. The molecule has 0 saturated carbocycles. The van der Waals surface area contributed by atoms with Gasteiger partial charge in [0.25, 0.3) is 0 Å². The van der Waals surface area contributed by atoms with E-state index in [9.17, 15) is 13.2 Å². The lowest BCUT2D eigenvalue weighted by Crippen LogP contribution is -2.46. The van der Waals surface area contributed by atoms with Gasteiger partial charge in [0, 0.05) is 44.0 Å². The van der Waals surface area contributed by atoms with Crippen molar-refractivity contribution in [3.63, 3.8) is 0 Å². The fourth-order valence-corrected chi connectivity index (χ4v) is 4.88. The van der Waals surface area contributed by atoms with E-state index in [1.807, 2.05) is 4.90 Å². The van der Waals surface area contributed by atoms with Gasteiger partial charge < -0.3 is 9.80 Å². The van der Waals surface area contributed by atoms with Crippen LogP contribution >= 0.6 is 11.6 Å². The first kappa shape index (κ1) is 21.0. The first-order valence-corrected chi connectivity index (χ1v) is 12.3. The molecule has 1 amide bonds. The van der Waals surface area contributed by atoms with Gasteiger partial charge in [0.05, 0.1) is 12.4 Å². The van der Waals surface area contributed by atoms with E-state index in [0.29, 0.717) is 11.6 Å². The number of anilines is 1. The van der Waals surface area contributed by atoms with Gasteiger partial charge in [-0.25, -0.2) is 23.4 Å². The maximum atomic E-state index is 13.0. The highest BCUT2D eigenvalue weighted by Gasteiger charge is 2.37. The van der Waals surface area contributed by atoms with Gasteiger partial charge in [-0.15, -0.1) is 0 Å². The van der Waals surface area contributed by atoms with Crippen molar-refractivity contribution in [3.05, 3.63) is 41.4 Å². The Morgan fingerprint density at radius 3 is 2.40 bits per heavy atom. The number of likely N-dealkylation sites (tertiary alicyclic amines) is 1. The normalized spacial score (nSPS) is 20.7. The molecular formula is C20H24ClN5O3S. The lowest BCUT2D eigenvalue weighted by atomic mass is 9.99. The summed E-state index contributed by atoms with van der Waals surface area (Å²) >= 11 is 5.81. The fourth-order valence-electron chi connectivity index (χ4n) is 4.23. The molecule has 30 heavy (non-hydrogen) atoms. The van der Waals surface area contributed by atoms with Crippen LogP contribution in [0.1, 0.15) is 24.8 Å². The minimum atomic E-state index is -3.31. The van der Waals surface area contributed by atoms with Crippen molar-refractivity contribution in [2.45, 2.75) is 36.8 Å². The zero-order valence-electron chi connectivity index (χ0n) is 16.7. The SMILES string of the molecule is CS(=O)(=O)c1ccc(C[C@H]2CCN(C3CCN(c4cnc(Cl)cn4)CC3)C2=O)cn1. The Morgan fingerprint density at radius 2 is 1.80 bits per heavy atom. The predicted octanol–water partition coefficient (Wildman–Crippen LogP) is 1.99. The third-order valence-electron chi connectivity index (χ3n) is 5.85. The van der Waals surface area contributed by atoms with E-state index in [1.54, 1.807) is 24.7 Å². The van der Waals surface area contributed by atoms with E-state index >= 15 is 0 Å². The summed E-state index contributed by atoms with van der Waals surface area (Å²) in [5, 5.41) is 0.436. The molecule has 4 rings (SSSR count). The Kier molecular flexibility index (Phi) is 5.92. The van der Waals surface area contributed by atoms with E-state index in [0.717, 1.165) is 56.5 Å². The average Bonchev–Trinajstić information content (AvgIpc) is 3.09. The van der Waals surface area contributed by atoms with E-state index in [1.165, 1.54) is 6.07 Å². The quantitative estimate of drug-likeness (QED) is 0.688. The van der Waals surface area contributed by atoms with Gasteiger partial charge in [-0.2, -0.15) is 0 Å². The Balaban J connectivity index is 1.33. The van der Waals surface area contributed by atoms with Gasteiger partial charge in [0.1, 0.15) is 11.0 Å². The van der Waals surface area contributed by atoms with Crippen LogP contribution in [0.25, 0.3) is 0 Å². The zero-order chi connectivity index (χ0) is 21.3. The highest BCUT2D eigenvalue weighted by molar-refractivity contribution is 7.90. The molecule has 0 radical (unpaired) electrons. The molecule has 10 heteroatoms. The molecule has 2 fully saturated rings. The summed E-state index contributed by atoms with van der Waals surface area (Å²) in [5.74, 6) is 0.927. The van der Waals surface area contributed by atoms with Crippen LogP contribution in [0.3, 0.4) is 0 Å². The second-order valence-electron chi connectivity index (χ2n) is 7.91. The van der Waals surface area contributed by atoms with Crippen molar-refractivity contribution >= 4 is 33.2 Å². The standard InChI is InChI=1S/C20H24ClN5O3S/c1-30(28,29)19-3-2-14(11-24-19)10-15-4-9-26(20(15)27)16-5-7-25(8-6-16)18-13-22-17(21)12-23-18/h2-3,11-13,15-16H,4-10H2,1H3/t15-/m1/s1. The molecule has 0 aliphatic carbocycles. The summed E-state index contributed by atoms with van der Waals surface area (Å²) in [6.07, 6.45) is 9.13. The van der Waals surface area contributed by atoms with Gasteiger partial charge >= 0.3 is 0 Å². The molecule has 2 aliphatic heterocycles. The minimum absolute atomic E-state index is 0.0581. The first-order valence-electron chi connectivity index (χ1n) is 9.99. The summed E-state index contributed by atoms with van der Waals surface area (Å²) in [6, 6.07) is 3.51. The number of rotatable bonds is 5. The monoisotopic (exact) mass is 449 g/mol. The molecule has 0 unspecified atom stereocenters. The zero-order valence-corrected chi connectivity index (χ0v) is 18.3. The molecule has 160 valence electrons. The van der Waals surface area contributed by atoms with Crippen LogP contribution in [0.5, 0.6) is 0 Å². The first-order chi connectivity index (χ1) is 14.3. The van der Waals surface area contributed by atoms with Gasteiger partial charge in [-0.3, -0.25) is 4.79 Å². The molecule has 2 aromatic heterocycles. The second-order valence-corrected chi connectivity index (χ2v) is 10.3. The number of halogens is 1. The van der Waals surface area contributed by atoms with Crippen molar-refractivity contribution in [3.8, 4) is 0 Å². The maximum absolute atomic E-state index is 13.0. The number of aromatic nitrogens is 3. The Morgan fingerprint density at radius 1 is 1.03 bits per heavy atom. The van der Waals surface area contributed by atoms with Crippen molar-refractivity contribution < 1.29 is 13.2 Å². The fraction of sp³-hybridized carbons (Fsp3) is 0.500. The second kappa shape index (κ2) is 8.47. The summed E-state index contributed by atoms with van der Waals surface area (Å²) in [5.41, 5.74) is 0.888. The van der Waals surface area contributed by atoms with Crippen LogP contribution in [0.2, 0.25) is 5.15 Å². The van der Waals surface area contributed by atoms with Crippen molar-refractivity contribution in [1.29, 1.82) is 0 Å². The van der Waals surface area contributed by atoms with E-state index in [-0.39, 0.29) is 22.9 Å². The number of hydrogen-bond donors (Lipinski definition) is 0. The van der Waals surface area contributed by atoms with Crippen LogP contribution in [0.15, 0.2) is 35.7 Å². The largest absolute Gasteiger partial charge is 0.355 e. The third kappa shape index (κ3) is 4.57. The molecule has 0 aromatic carbocycles. The van der Waals surface area contributed by atoms with Crippen molar-refractivity contribution in [1.82, 2.24) is 19.9 Å². The van der Waals surface area contributed by atoms with Gasteiger partial charge in [0.2, 0.25) is 5.91 Å². The van der Waals surface area contributed by atoms with Crippen LogP contribution in [0, 0.1) is 5.92 Å². The number of hydrogen-bond acceptors (Lipinski definition) is 7. The highest BCUT2D eigenvalue weighted by Crippen LogP contribution is 2.29. The van der Waals surface area contributed by atoms with Gasteiger partial charge in [-0.05, 0) is 37.3 Å². The number of piperidine rings is 1. The third-order valence-corrected chi connectivity index (χ3v) is 7.04. The average molecular weight is 450 g/mol. The maximum Gasteiger partial charge on any atom is 0.226 e. The number of nitrogens with zero attached hydrogens (tertiary/aromatic N) is 5. The predicted molar refractivity (Wildman–Crippen MR) is 113 cm³/mol. The summed E-state index contributed by atoms with van der Waals surface area (Å²) in [4.78, 5) is 29.6. The molecule has 2 aliphatic rings. The van der Waals surface area contributed by atoms with Crippen LogP contribution in [-0.4, -0.2) is 66.1 Å². The lowest BCUT2D eigenvalue weighted by Gasteiger charge is -2.37. The molecule has 0 spiro atoms. The number of carbonyl (C=O) groups is 1. The molecular weight excluding hydrogens is 426 g/mol. The molecule has 4 heterocycles. The van der Waals surface area contributed by atoms with Crippen molar-refractivity contribution in [2.24, 2.45) is 5.92 Å². The molecule has 0 N–H and O–H groups in total. The van der Waals surface area contributed by atoms with Crippen LogP contribution in [0.4, 0.5) is 5.82 Å². The number of amides is 1. The Hall–Kier alpha value is -2.26. The summed E-state index contributed by atoms with van der Waals surface area (Å²) in [6.45, 7) is 2.42. The molecule has 0 bridgehead atoms. The van der Waals surface area contributed by atoms with Crippen LogP contribution < -0.4 is 4.90 Å². The van der Waals surface area contributed by atoms with Crippen LogP contribution in [-0.2, 0) is 21.1 Å². The van der Waals surface area contributed by atoms with E-state index in [4.69, 9.17) is 11.6 Å². The number of sulfone groups is 1.